The number of hydrogen-bond acceptors (Lipinski definition) is 3. The largest absolute Gasteiger partial charge is 0.464 e. The van der Waals surface area contributed by atoms with Crippen LogP contribution in [-0.2, 0) is 9.53 Å². The van der Waals surface area contributed by atoms with Crippen LogP contribution in [0.1, 0.15) is 88.4 Å². The van der Waals surface area contributed by atoms with E-state index < -0.39 is 6.04 Å². The third-order valence-corrected chi connectivity index (χ3v) is 5.02. The molecule has 152 valence electrons. The van der Waals surface area contributed by atoms with E-state index in [9.17, 15) is 9.59 Å². The van der Waals surface area contributed by atoms with Crippen molar-refractivity contribution in [3.8, 4) is 0 Å². The average Bonchev–Trinajstić information content (AvgIpc) is 2.65. The van der Waals surface area contributed by atoms with Crippen LogP contribution in [0.3, 0.4) is 0 Å². The number of halogens is 1. The van der Waals surface area contributed by atoms with E-state index in [1.807, 2.05) is 6.07 Å². The number of rotatable bonds is 14. The van der Waals surface area contributed by atoms with Gasteiger partial charge in [-0.15, -0.1) is 0 Å². The number of esters is 1. The van der Waals surface area contributed by atoms with Gasteiger partial charge in [-0.05, 0) is 31.5 Å². The van der Waals surface area contributed by atoms with Crippen LogP contribution < -0.4 is 5.32 Å². The highest BCUT2D eigenvalue weighted by molar-refractivity contribution is 9.10. The van der Waals surface area contributed by atoms with Crippen molar-refractivity contribution in [2.24, 2.45) is 0 Å². The van der Waals surface area contributed by atoms with Crippen LogP contribution in [-0.4, -0.2) is 24.5 Å². The van der Waals surface area contributed by atoms with Crippen LogP contribution in [0.2, 0.25) is 0 Å². The summed E-state index contributed by atoms with van der Waals surface area (Å²) in [7, 11) is 0. The molecule has 0 fully saturated rings. The van der Waals surface area contributed by atoms with Crippen molar-refractivity contribution in [3.05, 3.63) is 34.3 Å². The fourth-order valence-corrected chi connectivity index (χ4v) is 3.26. The smallest absolute Gasteiger partial charge is 0.328 e. The van der Waals surface area contributed by atoms with Gasteiger partial charge >= 0.3 is 5.97 Å². The van der Waals surface area contributed by atoms with Gasteiger partial charge in [0.15, 0.2) is 0 Å². The summed E-state index contributed by atoms with van der Waals surface area (Å²) < 4.78 is 6.10. The Morgan fingerprint density at radius 2 is 1.59 bits per heavy atom. The molecule has 1 atom stereocenters. The molecule has 0 aromatic heterocycles. The van der Waals surface area contributed by atoms with Crippen LogP contribution in [0.15, 0.2) is 28.7 Å². The van der Waals surface area contributed by atoms with Crippen LogP contribution in [0, 0.1) is 0 Å². The fourth-order valence-electron chi connectivity index (χ4n) is 2.86. The van der Waals surface area contributed by atoms with Gasteiger partial charge in [-0.3, -0.25) is 4.79 Å². The van der Waals surface area contributed by atoms with Crippen molar-refractivity contribution >= 4 is 27.8 Å². The minimum Gasteiger partial charge on any atom is -0.464 e. The lowest BCUT2D eigenvalue weighted by Crippen LogP contribution is -2.39. The predicted octanol–water partition coefficient (Wildman–Crippen LogP) is 6.03. The molecule has 1 amide bonds. The SMILES string of the molecule is CCCCCCCCCCCCOC(=O)C(C)NC(=O)c1cccc(Br)c1. The highest BCUT2D eigenvalue weighted by Crippen LogP contribution is 2.12. The molecule has 1 N–H and O–H groups in total. The zero-order chi connectivity index (χ0) is 19.9. The topological polar surface area (TPSA) is 55.4 Å². The number of benzene rings is 1. The quantitative estimate of drug-likeness (QED) is 0.284. The summed E-state index contributed by atoms with van der Waals surface area (Å²) in [6.45, 7) is 4.31. The minimum absolute atomic E-state index is 0.278. The monoisotopic (exact) mass is 439 g/mol. The van der Waals surface area contributed by atoms with E-state index in [1.54, 1.807) is 25.1 Å². The molecule has 0 heterocycles. The molecular formula is C22H34BrNO3. The molecule has 0 saturated heterocycles. The molecule has 1 aromatic carbocycles. The normalized spacial score (nSPS) is 11.8. The molecule has 0 spiro atoms. The first-order chi connectivity index (χ1) is 13.0. The van der Waals surface area contributed by atoms with Gasteiger partial charge in [0.1, 0.15) is 6.04 Å². The number of carbonyl (C=O) groups excluding carboxylic acids is 2. The van der Waals surface area contributed by atoms with E-state index in [2.05, 4.69) is 28.2 Å². The van der Waals surface area contributed by atoms with Gasteiger partial charge < -0.3 is 10.1 Å². The number of amides is 1. The van der Waals surface area contributed by atoms with Gasteiger partial charge in [0.2, 0.25) is 0 Å². The first-order valence-electron chi connectivity index (χ1n) is 10.3. The van der Waals surface area contributed by atoms with E-state index in [-0.39, 0.29) is 11.9 Å². The van der Waals surface area contributed by atoms with E-state index in [0.717, 1.165) is 17.3 Å². The zero-order valence-electron chi connectivity index (χ0n) is 16.8. The molecule has 1 rings (SSSR count). The summed E-state index contributed by atoms with van der Waals surface area (Å²) in [6, 6.07) is 6.41. The average molecular weight is 440 g/mol. The Labute approximate surface area is 172 Å². The van der Waals surface area contributed by atoms with Gasteiger partial charge in [-0.25, -0.2) is 4.79 Å². The maximum atomic E-state index is 12.1. The maximum Gasteiger partial charge on any atom is 0.328 e. The first kappa shape index (κ1) is 23.7. The van der Waals surface area contributed by atoms with E-state index >= 15 is 0 Å². The molecule has 1 unspecified atom stereocenters. The second kappa shape index (κ2) is 14.7. The highest BCUT2D eigenvalue weighted by atomic mass is 79.9. The van der Waals surface area contributed by atoms with E-state index in [1.165, 1.54) is 51.4 Å². The Morgan fingerprint density at radius 3 is 2.19 bits per heavy atom. The van der Waals surface area contributed by atoms with Crippen molar-refractivity contribution < 1.29 is 14.3 Å². The summed E-state index contributed by atoms with van der Waals surface area (Å²) in [5, 5.41) is 2.68. The molecule has 0 saturated carbocycles. The molecule has 4 nitrogen and oxygen atoms in total. The second-order valence-corrected chi connectivity index (χ2v) is 7.97. The van der Waals surface area contributed by atoms with Crippen molar-refractivity contribution in [2.75, 3.05) is 6.61 Å². The molecule has 0 aliphatic rings. The summed E-state index contributed by atoms with van der Waals surface area (Å²) in [6.07, 6.45) is 12.4. The number of carbonyl (C=O) groups is 2. The van der Waals surface area contributed by atoms with Gasteiger partial charge in [0.05, 0.1) is 6.61 Å². The van der Waals surface area contributed by atoms with E-state index in [4.69, 9.17) is 4.74 Å². The van der Waals surface area contributed by atoms with Crippen molar-refractivity contribution in [2.45, 2.75) is 84.1 Å². The molecule has 0 aliphatic heterocycles. The van der Waals surface area contributed by atoms with E-state index in [0.29, 0.717) is 12.2 Å². The molecular weight excluding hydrogens is 406 g/mol. The lowest BCUT2D eigenvalue weighted by molar-refractivity contribution is -0.145. The Kier molecular flexibility index (Phi) is 12.9. The minimum atomic E-state index is -0.653. The Hall–Kier alpha value is -1.36. The number of unbranched alkanes of at least 4 members (excludes halogenated alkanes) is 9. The second-order valence-electron chi connectivity index (χ2n) is 7.05. The third kappa shape index (κ3) is 11.2. The van der Waals surface area contributed by atoms with Crippen LogP contribution in [0.5, 0.6) is 0 Å². The molecule has 0 bridgehead atoms. The molecule has 5 heteroatoms. The maximum absolute atomic E-state index is 12.1. The third-order valence-electron chi connectivity index (χ3n) is 4.53. The predicted molar refractivity (Wildman–Crippen MR) is 114 cm³/mol. The number of ether oxygens (including phenoxy) is 1. The van der Waals surface area contributed by atoms with Gasteiger partial charge in [0.25, 0.3) is 5.91 Å². The van der Waals surface area contributed by atoms with Gasteiger partial charge in [-0.1, -0.05) is 86.7 Å². The Bertz CT molecular complexity index is 562. The molecule has 27 heavy (non-hydrogen) atoms. The fraction of sp³-hybridized carbons (Fsp3) is 0.636. The molecule has 0 aliphatic carbocycles. The van der Waals surface area contributed by atoms with Crippen molar-refractivity contribution in [3.63, 3.8) is 0 Å². The number of hydrogen-bond donors (Lipinski definition) is 1. The summed E-state index contributed by atoms with van der Waals surface area (Å²) in [4.78, 5) is 24.1. The van der Waals surface area contributed by atoms with Crippen molar-refractivity contribution in [1.29, 1.82) is 0 Å². The standard InChI is InChI=1S/C22H34BrNO3/c1-3-4-5-6-7-8-9-10-11-12-16-27-22(26)18(2)24-21(25)19-14-13-15-20(23)17-19/h13-15,17-18H,3-12,16H2,1-2H3,(H,24,25). The first-order valence-corrected chi connectivity index (χ1v) is 11.1. The Morgan fingerprint density at radius 1 is 1.00 bits per heavy atom. The van der Waals surface area contributed by atoms with Crippen LogP contribution >= 0.6 is 15.9 Å². The summed E-state index contributed by atoms with van der Waals surface area (Å²) in [5.41, 5.74) is 0.513. The van der Waals surface area contributed by atoms with Gasteiger partial charge in [0, 0.05) is 10.0 Å². The molecule has 0 radical (unpaired) electrons. The molecule has 1 aromatic rings. The highest BCUT2D eigenvalue weighted by Gasteiger charge is 2.17. The van der Waals surface area contributed by atoms with Crippen LogP contribution in [0.25, 0.3) is 0 Å². The van der Waals surface area contributed by atoms with Crippen molar-refractivity contribution in [1.82, 2.24) is 5.32 Å². The van der Waals surface area contributed by atoms with Crippen LogP contribution in [0.4, 0.5) is 0 Å². The zero-order valence-corrected chi connectivity index (χ0v) is 18.4. The van der Waals surface area contributed by atoms with Gasteiger partial charge in [-0.2, -0.15) is 0 Å². The Balaban J connectivity index is 2.06. The lowest BCUT2D eigenvalue weighted by Gasteiger charge is -2.13. The summed E-state index contributed by atoms with van der Waals surface area (Å²) >= 11 is 3.33. The number of nitrogens with one attached hydrogen (secondary N) is 1. The lowest BCUT2D eigenvalue weighted by atomic mass is 10.1. The summed E-state index contributed by atoms with van der Waals surface area (Å²) in [5.74, 6) is -0.658.